The van der Waals surface area contributed by atoms with Gasteiger partial charge in [0.25, 0.3) is 0 Å². The van der Waals surface area contributed by atoms with Gasteiger partial charge in [0.1, 0.15) is 0 Å². The van der Waals surface area contributed by atoms with Gasteiger partial charge in [-0.1, -0.05) is 42.5 Å². The molecule has 4 rings (SSSR count). The van der Waals surface area contributed by atoms with Crippen LogP contribution in [0.3, 0.4) is 0 Å². The van der Waals surface area contributed by atoms with Gasteiger partial charge in [0.05, 0.1) is 11.3 Å². The minimum atomic E-state index is -3.32. The Hall–Kier alpha value is -2.75. The van der Waals surface area contributed by atoms with E-state index in [2.05, 4.69) is 4.90 Å². The fourth-order valence-corrected chi connectivity index (χ4v) is 5.29. The Kier molecular flexibility index (Phi) is 6.35. The van der Waals surface area contributed by atoms with Gasteiger partial charge in [-0.15, -0.1) is 0 Å². The van der Waals surface area contributed by atoms with Crippen molar-refractivity contribution in [3.05, 3.63) is 70.7 Å². The SMILES string of the molecule is O=C(CCN1CCN(S(=O)(=O)CCc2ccccc2)CC1)n1c(=O)oc2ccccc21. The molecule has 8 nitrogen and oxygen atoms in total. The van der Waals surface area contributed by atoms with E-state index in [1.165, 1.54) is 4.31 Å². The van der Waals surface area contributed by atoms with Gasteiger partial charge < -0.3 is 9.32 Å². The Morgan fingerprint density at radius 1 is 0.935 bits per heavy atom. The maximum atomic E-state index is 12.7. The Morgan fingerprint density at radius 2 is 1.61 bits per heavy atom. The van der Waals surface area contributed by atoms with Crippen LogP contribution in [0.2, 0.25) is 0 Å². The Labute approximate surface area is 180 Å². The summed E-state index contributed by atoms with van der Waals surface area (Å²) in [5.74, 6) is -0.917. The molecule has 31 heavy (non-hydrogen) atoms. The van der Waals surface area contributed by atoms with Crippen LogP contribution in [-0.2, 0) is 16.4 Å². The van der Waals surface area contributed by atoms with E-state index >= 15 is 0 Å². The monoisotopic (exact) mass is 443 g/mol. The number of hydrogen-bond donors (Lipinski definition) is 0. The van der Waals surface area contributed by atoms with E-state index in [0.717, 1.165) is 10.1 Å². The quantitative estimate of drug-likeness (QED) is 0.553. The highest BCUT2D eigenvalue weighted by Crippen LogP contribution is 2.14. The maximum Gasteiger partial charge on any atom is 0.426 e. The van der Waals surface area contributed by atoms with Crippen LogP contribution < -0.4 is 5.76 Å². The summed E-state index contributed by atoms with van der Waals surface area (Å²) >= 11 is 0. The van der Waals surface area contributed by atoms with E-state index in [9.17, 15) is 18.0 Å². The molecule has 1 aliphatic rings. The summed E-state index contributed by atoms with van der Waals surface area (Å²) in [6, 6.07) is 16.4. The highest BCUT2D eigenvalue weighted by atomic mass is 32.2. The van der Waals surface area contributed by atoms with Crippen LogP contribution >= 0.6 is 0 Å². The number of carbonyl (C=O) groups excluding carboxylic acids is 1. The van der Waals surface area contributed by atoms with E-state index in [4.69, 9.17) is 4.42 Å². The molecular weight excluding hydrogens is 418 g/mol. The Bertz CT molecular complexity index is 1210. The Morgan fingerprint density at radius 3 is 2.35 bits per heavy atom. The number of fused-ring (bicyclic) bond motifs is 1. The maximum absolute atomic E-state index is 12.7. The van der Waals surface area contributed by atoms with Crippen molar-refractivity contribution in [2.45, 2.75) is 12.8 Å². The number of piperazine rings is 1. The second kappa shape index (κ2) is 9.17. The van der Waals surface area contributed by atoms with Crippen molar-refractivity contribution >= 4 is 27.0 Å². The molecule has 2 aromatic carbocycles. The zero-order valence-electron chi connectivity index (χ0n) is 17.1. The molecular formula is C22H25N3O5S. The first-order valence-electron chi connectivity index (χ1n) is 10.3. The fraction of sp³-hybridized carbons (Fsp3) is 0.364. The van der Waals surface area contributed by atoms with Crippen LogP contribution in [0.5, 0.6) is 0 Å². The molecule has 0 atom stereocenters. The van der Waals surface area contributed by atoms with Crippen molar-refractivity contribution in [1.82, 2.24) is 13.8 Å². The molecule has 0 bridgehead atoms. The zero-order chi connectivity index (χ0) is 21.8. The molecule has 0 saturated carbocycles. The lowest BCUT2D eigenvalue weighted by Crippen LogP contribution is -2.49. The number of aromatic nitrogens is 1. The Balaban J connectivity index is 1.28. The smallest absolute Gasteiger partial charge is 0.407 e. The molecule has 1 saturated heterocycles. The first-order chi connectivity index (χ1) is 14.9. The zero-order valence-corrected chi connectivity index (χ0v) is 18.0. The van der Waals surface area contributed by atoms with Gasteiger partial charge >= 0.3 is 5.76 Å². The lowest BCUT2D eigenvalue weighted by Gasteiger charge is -2.33. The van der Waals surface area contributed by atoms with E-state index in [1.54, 1.807) is 24.3 Å². The second-order valence-electron chi connectivity index (χ2n) is 7.61. The molecule has 0 aliphatic carbocycles. The molecule has 164 valence electrons. The van der Waals surface area contributed by atoms with E-state index in [1.807, 2.05) is 30.3 Å². The number of carbonyl (C=O) groups is 1. The first-order valence-corrected chi connectivity index (χ1v) is 11.9. The minimum absolute atomic E-state index is 0.0893. The van der Waals surface area contributed by atoms with Crippen molar-refractivity contribution in [3.63, 3.8) is 0 Å². The van der Waals surface area contributed by atoms with Gasteiger partial charge in [-0.3, -0.25) is 4.79 Å². The van der Waals surface area contributed by atoms with Crippen LogP contribution in [0.25, 0.3) is 11.1 Å². The van der Waals surface area contributed by atoms with Crippen molar-refractivity contribution in [2.24, 2.45) is 0 Å². The van der Waals surface area contributed by atoms with Gasteiger partial charge in [0.2, 0.25) is 15.9 Å². The molecule has 0 amide bonds. The number of para-hydroxylation sites is 2. The predicted octanol–water partition coefficient (Wildman–Crippen LogP) is 1.81. The summed E-state index contributed by atoms with van der Waals surface area (Å²) in [6.45, 7) is 2.38. The molecule has 0 radical (unpaired) electrons. The van der Waals surface area contributed by atoms with Crippen molar-refractivity contribution < 1.29 is 17.6 Å². The third-order valence-corrected chi connectivity index (χ3v) is 7.47. The summed E-state index contributed by atoms with van der Waals surface area (Å²) in [6.07, 6.45) is 0.648. The van der Waals surface area contributed by atoms with E-state index in [-0.39, 0.29) is 18.1 Å². The summed E-state index contributed by atoms with van der Waals surface area (Å²) in [5.41, 5.74) is 1.85. The first kappa shape index (κ1) is 21.5. The van der Waals surface area contributed by atoms with Gasteiger partial charge in [-0.05, 0) is 24.1 Å². The third-order valence-electron chi connectivity index (χ3n) is 5.59. The van der Waals surface area contributed by atoms with Crippen LogP contribution in [0.4, 0.5) is 0 Å². The highest BCUT2D eigenvalue weighted by molar-refractivity contribution is 7.89. The van der Waals surface area contributed by atoms with Gasteiger partial charge in [-0.25, -0.2) is 17.8 Å². The summed E-state index contributed by atoms with van der Waals surface area (Å²) in [4.78, 5) is 26.7. The van der Waals surface area contributed by atoms with Crippen LogP contribution in [0.1, 0.15) is 16.8 Å². The standard InChI is InChI=1S/C22H25N3O5S/c26-21(25-19-8-4-5-9-20(19)30-22(25)27)10-12-23-13-15-24(16-14-23)31(28,29)17-11-18-6-2-1-3-7-18/h1-9H,10-17H2. The fourth-order valence-electron chi connectivity index (χ4n) is 3.82. The number of sulfonamides is 1. The highest BCUT2D eigenvalue weighted by Gasteiger charge is 2.27. The normalized spacial score (nSPS) is 16.0. The van der Waals surface area contributed by atoms with Gasteiger partial charge in [0, 0.05) is 39.1 Å². The van der Waals surface area contributed by atoms with Gasteiger partial charge in [0.15, 0.2) is 5.58 Å². The molecule has 1 aromatic heterocycles. The van der Waals surface area contributed by atoms with Crippen LogP contribution in [0, 0.1) is 0 Å². The summed E-state index contributed by atoms with van der Waals surface area (Å²) in [7, 11) is -3.32. The average molecular weight is 444 g/mol. The molecule has 9 heteroatoms. The third kappa shape index (κ3) is 4.95. The van der Waals surface area contributed by atoms with Crippen molar-refractivity contribution in [3.8, 4) is 0 Å². The second-order valence-corrected chi connectivity index (χ2v) is 9.70. The summed E-state index contributed by atoms with van der Waals surface area (Å²) in [5, 5.41) is 0. The number of rotatable bonds is 7. The molecule has 1 fully saturated rings. The van der Waals surface area contributed by atoms with Crippen molar-refractivity contribution in [1.29, 1.82) is 0 Å². The number of benzene rings is 2. The lowest BCUT2D eigenvalue weighted by molar-refractivity contribution is 0.0868. The molecule has 0 spiro atoms. The van der Waals surface area contributed by atoms with Gasteiger partial charge in [-0.2, -0.15) is 4.31 Å². The molecule has 2 heterocycles. The van der Waals surface area contributed by atoms with Crippen LogP contribution in [-0.4, -0.2) is 66.6 Å². The molecule has 0 unspecified atom stereocenters. The molecule has 3 aromatic rings. The summed E-state index contributed by atoms with van der Waals surface area (Å²) < 4.78 is 33.0. The topological polar surface area (TPSA) is 92.8 Å². The van der Waals surface area contributed by atoms with Crippen molar-refractivity contribution in [2.75, 3.05) is 38.5 Å². The number of aryl methyl sites for hydroxylation is 1. The number of hydrogen-bond acceptors (Lipinski definition) is 6. The molecule has 1 aliphatic heterocycles. The largest absolute Gasteiger partial charge is 0.426 e. The predicted molar refractivity (Wildman–Crippen MR) is 118 cm³/mol. The van der Waals surface area contributed by atoms with Crippen LogP contribution in [0.15, 0.2) is 63.8 Å². The lowest BCUT2D eigenvalue weighted by atomic mass is 10.2. The number of oxazole rings is 1. The minimum Gasteiger partial charge on any atom is -0.407 e. The van der Waals surface area contributed by atoms with E-state index < -0.39 is 15.8 Å². The number of nitrogens with zero attached hydrogens (tertiary/aromatic N) is 3. The van der Waals surface area contributed by atoms with E-state index in [0.29, 0.717) is 50.2 Å². The average Bonchev–Trinajstić information content (AvgIpc) is 3.13. The molecule has 0 N–H and O–H groups in total.